The normalized spacial score (nSPS) is 16.8. The molecule has 9 heteroatoms. The van der Waals surface area contributed by atoms with Crippen LogP contribution in [0.4, 0.5) is 16.2 Å². The van der Waals surface area contributed by atoms with E-state index in [1.54, 1.807) is 0 Å². The molecule has 3 aromatic heterocycles. The van der Waals surface area contributed by atoms with Gasteiger partial charge in [-0.2, -0.15) is 5.10 Å². The van der Waals surface area contributed by atoms with Gasteiger partial charge in [0.15, 0.2) is 5.82 Å². The van der Waals surface area contributed by atoms with Gasteiger partial charge in [0.1, 0.15) is 11.5 Å². The van der Waals surface area contributed by atoms with Gasteiger partial charge in [0.2, 0.25) is 5.95 Å². The third-order valence-corrected chi connectivity index (χ3v) is 7.90. The maximum absolute atomic E-state index is 14.9. The summed E-state index contributed by atoms with van der Waals surface area (Å²) < 4.78 is 16.8. The maximum atomic E-state index is 14.9. The number of likely N-dealkylation sites (tertiary alicyclic amines) is 1. The highest BCUT2D eigenvalue weighted by molar-refractivity contribution is 5.86. The average Bonchev–Trinajstić information content (AvgIpc) is 3.19. The standard InChI is InChI=1S/C29H35FN8/c1-17(2)28-22-12-19(6-8-25(22)35-36(28)5)27-23(30)13-31-29(34-27)33-26-9-7-20-14-37(11-10-24(20)32-26)21-15-38(16-21)18(3)4/h6-9,12-13,17-18,21H,10-11,14-16H2,1-5H3,(H,31,32,33,34). The first-order valence-electron chi connectivity index (χ1n) is 13.5. The number of aryl methyl sites for hydroxylation is 1. The van der Waals surface area contributed by atoms with Crippen LogP contribution in [0, 0.1) is 5.82 Å². The predicted molar refractivity (Wildman–Crippen MR) is 148 cm³/mol. The van der Waals surface area contributed by atoms with Crippen molar-refractivity contribution in [2.24, 2.45) is 7.05 Å². The van der Waals surface area contributed by atoms with Gasteiger partial charge >= 0.3 is 0 Å². The van der Waals surface area contributed by atoms with E-state index >= 15 is 0 Å². The van der Waals surface area contributed by atoms with Crippen molar-refractivity contribution < 1.29 is 4.39 Å². The highest BCUT2D eigenvalue weighted by Crippen LogP contribution is 2.31. The van der Waals surface area contributed by atoms with E-state index < -0.39 is 5.82 Å². The highest BCUT2D eigenvalue weighted by Gasteiger charge is 2.34. The van der Waals surface area contributed by atoms with E-state index in [9.17, 15) is 4.39 Å². The lowest BCUT2D eigenvalue weighted by Gasteiger charge is -2.48. The summed E-state index contributed by atoms with van der Waals surface area (Å²) in [4.78, 5) is 18.7. The van der Waals surface area contributed by atoms with Gasteiger partial charge in [0.05, 0.1) is 11.7 Å². The van der Waals surface area contributed by atoms with E-state index in [0.29, 0.717) is 35.3 Å². The Hall–Kier alpha value is -3.43. The first-order valence-corrected chi connectivity index (χ1v) is 13.5. The SMILES string of the molecule is CC(C)c1c2cc(-c3nc(Nc4ccc5c(n4)CCN(C4CN(C(C)C)C4)C5)ncc3F)ccc2nn1C. The fourth-order valence-electron chi connectivity index (χ4n) is 5.75. The average molecular weight is 515 g/mol. The van der Waals surface area contributed by atoms with Crippen molar-refractivity contribution in [2.75, 3.05) is 25.0 Å². The largest absolute Gasteiger partial charge is 0.309 e. The second kappa shape index (κ2) is 9.71. The van der Waals surface area contributed by atoms with Gasteiger partial charge in [-0.3, -0.25) is 14.5 Å². The van der Waals surface area contributed by atoms with Gasteiger partial charge in [-0.15, -0.1) is 0 Å². The lowest BCUT2D eigenvalue weighted by Crippen LogP contribution is -2.61. The lowest BCUT2D eigenvalue weighted by atomic mass is 9.99. The first kappa shape index (κ1) is 24.9. The molecule has 1 N–H and O–H groups in total. The molecular weight excluding hydrogens is 479 g/mol. The van der Waals surface area contributed by atoms with Crippen LogP contribution >= 0.6 is 0 Å². The van der Waals surface area contributed by atoms with Gasteiger partial charge < -0.3 is 5.32 Å². The Labute approximate surface area is 222 Å². The zero-order chi connectivity index (χ0) is 26.6. The number of nitrogens with one attached hydrogen (secondary N) is 1. The Kier molecular flexibility index (Phi) is 6.36. The molecule has 0 saturated carbocycles. The Morgan fingerprint density at radius 2 is 1.87 bits per heavy atom. The van der Waals surface area contributed by atoms with Crippen LogP contribution in [0.25, 0.3) is 22.2 Å². The molecule has 2 aliphatic heterocycles. The third kappa shape index (κ3) is 4.54. The van der Waals surface area contributed by atoms with Crippen molar-refractivity contribution in [3.05, 3.63) is 59.3 Å². The summed E-state index contributed by atoms with van der Waals surface area (Å²) in [5, 5.41) is 8.81. The molecule has 198 valence electrons. The van der Waals surface area contributed by atoms with E-state index in [2.05, 4.69) is 63.9 Å². The molecule has 0 bridgehead atoms. The number of nitrogens with zero attached hydrogens (tertiary/aromatic N) is 7. The molecule has 6 rings (SSSR count). The van der Waals surface area contributed by atoms with E-state index in [4.69, 9.17) is 4.98 Å². The van der Waals surface area contributed by atoms with Gasteiger partial charge in [0.25, 0.3) is 0 Å². The smallest absolute Gasteiger partial charge is 0.229 e. The Morgan fingerprint density at radius 3 is 2.63 bits per heavy atom. The molecule has 1 aromatic carbocycles. The van der Waals surface area contributed by atoms with Crippen LogP contribution in [0.15, 0.2) is 36.5 Å². The van der Waals surface area contributed by atoms with E-state index in [1.807, 2.05) is 36.0 Å². The zero-order valence-corrected chi connectivity index (χ0v) is 22.7. The molecule has 1 saturated heterocycles. The van der Waals surface area contributed by atoms with Crippen LogP contribution in [0.1, 0.15) is 50.6 Å². The number of anilines is 2. The van der Waals surface area contributed by atoms with Crippen molar-refractivity contribution in [1.29, 1.82) is 0 Å². The molecule has 0 unspecified atom stereocenters. The third-order valence-electron chi connectivity index (χ3n) is 7.90. The summed E-state index contributed by atoms with van der Waals surface area (Å²) in [5.74, 6) is 0.827. The summed E-state index contributed by atoms with van der Waals surface area (Å²) in [6, 6.07) is 11.1. The van der Waals surface area contributed by atoms with Gasteiger partial charge in [0, 0.05) is 74.1 Å². The minimum absolute atomic E-state index is 0.257. The fraction of sp³-hybridized carbons (Fsp3) is 0.448. The minimum Gasteiger partial charge on any atom is -0.309 e. The molecule has 38 heavy (non-hydrogen) atoms. The molecule has 1 fully saturated rings. The van der Waals surface area contributed by atoms with Crippen molar-refractivity contribution in [3.63, 3.8) is 0 Å². The summed E-state index contributed by atoms with van der Waals surface area (Å²) in [6.45, 7) is 13.0. The molecule has 2 aliphatic rings. The van der Waals surface area contributed by atoms with Crippen LogP contribution in [-0.4, -0.2) is 66.3 Å². The molecule has 5 heterocycles. The number of fused-ring (bicyclic) bond motifs is 2. The van der Waals surface area contributed by atoms with Gasteiger partial charge in [-0.25, -0.2) is 19.3 Å². The summed E-state index contributed by atoms with van der Waals surface area (Å²) >= 11 is 0. The molecule has 0 atom stereocenters. The number of hydrogen-bond acceptors (Lipinski definition) is 7. The van der Waals surface area contributed by atoms with Crippen molar-refractivity contribution >= 4 is 22.7 Å². The van der Waals surface area contributed by atoms with Crippen LogP contribution in [0.2, 0.25) is 0 Å². The van der Waals surface area contributed by atoms with Crippen molar-refractivity contribution in [1.82, 2.24) is 34.5 Å². The topological polar surface area (TPSA) is 75.0 Å². The van der Waals surface area contributed by atoms with Crippen molar-refractivity contribution in [3.8, 4) is 11.3 Å². The lowest BCUT2D eigenvalue weighted by molar-refractivity contribution is 0.00685. The number of benzene rings is 1. The molecule has 4 aromatic rings. The van der Waals surface area contributed by atoms with E-state index in [-0.39, 0.29) is 5.69 Å². The summed E-state index contributed by atoms with van der Waals surface area (Å²) in [6.07, 6.45) is 2.14. The number of hydrogen-bond donors (Lipinski definition) is 1. The highest BCUT2D eigenvalue weighted by atomic mass is 19.1. The van der Waals surface area contributed by atoms with Crippen LogP contribution in [0.3, 0.4) is 0 Å². The molecular formula is C29H35FN8. The van der Waals surface area contributed by atoms with Crippen LogP contribution < -0.4 is 5.32 Å². The summed E-state index contributed by atoms with van der Waals surface area (Å²) in [5.41, 5.74) is 5.33. The second-order valence-corrected chi connectivity index (χ2v) is 11.1. The molecule has 0 spiro atoms. The number of rotatable bonds is 6. The van der Waals surface area contributed by atoms with Gasteiger partial charge in [-0.05, 0) is 43.5 Å². The Balaban J connectivity index is 1.21. The Morgan fingerprint density at radius 1 is 1.05 bits per heavy atom. The second-order valence-electron chi connectivity index (χ2n) is 11.1. The first-order chi connectivity index (χ1) is 18.3. The monoisotopic (exact) mass is 514 g/mol. The van der Waals surface area contributed by atoms with Crippen molar-refractivity contribution in [2.45, 2.75) is 58.7 Å². The predicted octanol–water partition coefficient (Wildman–Crippen LogP) is 4.88. The van der Waals surface area contributed by atoms with E-state index in [0.717, 1.165) is 54.9 Å². The number of pyridine rings is 1. The van der Waals surface area contributed by atoms with E-state index in [1.165, 1.54) is 11.8 Å². The number of halogens is 1. The van der Waals surface area contributed by atoms with Crippen LogP contribution in [-0.2, 0) is 20.0 Å². The quantitative estimate of drug-likeness (QED) is 0.393. The maximum Gasteiger partial charge on any atom is 0.229 e. The van der Waals surface area contributed by atoms with Gasteiger partial charge in [-0.1, -0.05) is 26.0 Å². The fourth-order valence-corrected chi connectivity index (χ4v) is 5.75. The molecule has 0 amide bonds. The molecule has 8 nitrogen and oxygen atoms in total. The van der Waals surface area contributed by atoms with Crippen LogP contribution in [0.5, 0.6) is 0 Å². The zero-order valence-electron chi connectivity index (χ0n) is 22.7. The Bertz CT molecular complexity index is 1490. The minimum atomic E-state index is -0.463. The molecule has 0 aliphatic carbocycles. The number of aromatic nitrogens is 5. The summed E-state index contributed by atoms with van der Waals surface area (Å²) in [7, 11) is 1.94. The molecule has 0 radical (unpaired) electrons.